The topological polar surface area (TPSA) is 67.5 Å². The van der Waals surface area contributed by atoms with Crippen LogP contribution in [0.3, 0.4) is 0 Å². The highest BCUT2D eigenvalue weighted by atomic mass is 16.5. The maximum Gasteiger partial charge on any atom is 0.144 e. The second-order valence-corrected chi connectivity index (χ2v) is 5.23. The van der Waals surface area contributed by atoms with Gasteiger partial charge < -0.3 is 20.9 Å². The number of phenols is 1. The van der Waals surface area contributed by atoms with Gasteiger partial charge in [0.15, 0.2) is 0 Å². The Labute approximate surface area is 125 Å². The van der Waals surface area contributed by atoms with E-state index in [1.807, 2.05) is 44.2 Å². The van der Waals surface area contributed by atoms with Crippen LogP contribution in [0.2, 0.25) is 0 Å². The molecule has 0 aliphatic rings. The van der Waals surface area contributed by atoms with E-state index >= 15 is 0 Å². The fourth-order valence-electron chi connectivity index (χ4n) is 2.06. The summed E-state index contributed by atoms with van der Waals surface area (Å²) >= 11 is 0. The number of rotatable bonds is 6. The first-order chi connectivity index (χ1) is 10.1. The molecule has 0 bridgehead atoms. The summed E-state index contributed by atoms with van der Waals surface area (Å²) in [6, 6.07) is 13.0. The van der Waals surface area contributed by atoms with Crippen LogP contribution in [0.5, 0.6) is 11.5 Å². The van der Waals surface area contributed by atoms with Gasteiger partial charge in [0.1, 0.15) is 11.5 Å². The number of hydrogen-bond donors (Lipinski definition) is 3. The molecular formula is C17H22N2O2. The number of aromatic hydroxyl groups is 1. The van der Waals surface area contributed by atoms with E-state index in [1.54, 1.807) is 12.1 Å². The first-order valence-electron chi connectivity index (χ1n) is 7.13. The molecule has 2 rings (SSSR count). The molecule has 0 saturated carbocycles. The smallest absolute Gasteiger partial charge is 0.144 e. The van der Waals surface area contributed by atoms with Gasteiger partial charge in [-0.1, -0.05) is 18.2 Å². The third-order valence-electron chi connectivity index (χ3n) is 3.09. The normalized spacial score (nSPS) is 10.6. The highest BCUT2D eigenvalue weighted by Gasteiger charge is 2.07. The Morgan fingerprint density at radius 2 is 1.86 bits per heavy atom. The Kier molecular flexibility index (Phi) is 4.93. The van der Waals surface area contributed by atoms with Crippen LogP contribution in [0, 0.1) is 0 Å². The minimum absolute atomic E-state index is 0.0968. The van der Waals surface area contributed by atoms with Gasteiger partial charge in [-0.05, 0) is 50.1 Å². The second-order valence-electron chi connectivity index (χ2n) is 5.23. The first-order valence-corrected chi connectivity index (χ1v) is 7.13. The van der Waals surface area contributed by atoms with Crippen LogP contribution in [0.25, 0.3) is 0 Å². The Hall–Kier alpha value is -2.36. The van der Waals surface area contributed by atoms with Crippen LogP contribution >= 0.6 is 0 Å². The number of benzene rings is 2. The van der Waals surface area contributed by atoms with Crippen LogP contribution in [-0.4, -0.2) is 17.8 Å². The van der Waals surface area contributed by atoms with E-state index < -0.39 is 0 Å². The summed E-state index contributed by atoms with van der Waals surface area (Å²) in [5, 5.41) is 12.6. The van der Waals surface area contributed by atoms with Gasteiger partial charge in [0, 0.05) is 6.54 Å². The summed E-state index contributed by atoms with van der Waals surface area (Å²) in [6.07, 6.45) is 0.953. The van der Waals surface area contributed by atoms with E-state index in [1.165, 1.54) is 0 Å². The number of hydrogen-bond acceptors (Lipinski definition) is 4. The monoisotopic (exact) mass is 286 g/mol. The summed E-state index contributed by atoms with van der Waals surface area (Å²) in [5.74, 6) is 0.995. The predicted octanol–water partition coefficient (Wildman–Crippen LogP) is 3.42. The second kappa shape index (κ2) is 6.88. The number of anilines is 2. The highest BCUT2D eigenvalue weighted by molar-refractivity contribution is 5.72. The van der Waals surface area contributed by atoms with Crippen LogP contribution in [0.15, 0.2) is 42.5 Å². The van der Waals surface area contributed by atoms with E-state index in [-0.39, 0.29) is 11.9 Å². The van der Waals surface area contributed by atoms with Crippen LogP contribution < -0.4 is 15.8 Å². The van der Waals surface area contributed by atoms with Gasteiger partial charge in [-0.2, -0.15) is 0 Å². The standard InChI is InChI=1S/C17H22N2O2/c1-12(2)21-16-5-3-4-15(17(16)18)19-11-10-13-6-8-14(20)9-7-13/h3-9,12,19-20H,10-11,18H2,1-2H3. The van der Waals surface area contributed by atoms with Gasteiger partial charge in [0.25, 0.3) is 0 Å². The molecule has 112 valence electrons. The van der Waals surface area contributed by atoms with Crippen molar-refractivity contribution in [1.82, 2.24) is 0 Å². The minimum atomic E-state index is 0.0968. The number of nitrogens with two attached hydrogens (primary N) is 1. The van der Waals surface area contributed by atoms with Gasteiger partial charge in [0.2, 0.25) is 0 Å². The third kappa shape index (κ3) is 4.31. The molecule has 2 aromatic carbocycles. The Balaban J connectivity index is 1.95. The molecule has 0 unspecified atom stereocenters. The summed E-state index contributed by atoms with van der Waals surface area (Å²) in [4.78, 5) is 0. The molecule has 21 heavy (non-hydrogen) atoms. The van der Waals surface area contributed by atoms with Crippen molar-refractivity contribution in [1.29, 1.82) is 0 Å². The van der Waals surface area contributed by atoms with E-state index in [0.29, 0.717) is 11.4 Å². The highest BCUT2D eigenvalue weighted by Crippen LogP contribution is 2.30. The van der Waals surface area contributed by atoms with Gasteiger partial charge in [0.05, 0.1) is 17.5 Å². The molecule has 4 nitrogen and oxygen atoms in total. The molecule has 2 aromatic rings. The largest absolute Gasteiger partial charge is 0.508 e. The molecule has 0 radical (unpaired) electrons. The molecule has 0 aliphatic carbocycles. The molecule has 0 aromatic heterocycles. The first kappa shape index (κ1) is 15.0. The lowest BCUT2D eigenvalue weighted by atomic mass is 10.1. The maximum atomic E-state index is 9.25. The van der Waals surface area contributed by atoms with Gasteiger partial charge >= 0.3 is 0 Å². The molecule has 4 heteroatoms. The number of nitrogens with one attached hydrogen (secondary N) is 1. The van der Waals surface area contributed by atoms with Crippen molar-refractivity contribution in [2.45, 2.75) is 26.4 Å². The Morgan fingerprint density at radius 3 is 2.52 bits per heavy atom. The van der Waals surface area contributed by atoms with Crippen molar-refractivity contribution < 1.29 is 9.84 Å². The summed E-state index contributed by atoms with van der Waals surface area (Å²) in [7, 11) is 0. The van der Waals surface area contributed by atoms with Gasteiger partial charge in [-0.3, -0.25) is 0 Å². The summed E-state index contributed by atoms with van der Waals surface area (Å²) in [5.41, 5.74) is 8.79. The number of para-hydroxylation sites is 1. The van der Waals surface area contributed by atoms with Crippen LogP contribution in [0.4, 0.5) is 11.4 Å². The number of nitrogen functional groups attached to an aromatic ring is 1. The lowest BCUT2D eigenvalue weighted by Gasteiger charge is -2.15. The summed E-state index contributed by atoms with van der Waals surface area (Å²) < 4.78 is 5.67. The summed E-state index contributed by atoms with van der Waals surface area (Å²) in [6.45, 7) is 4.72. The average Bonchev–Trinajstić information content (AvgIpc) is 2.44. The zero-order valence-electron chi connectivity index (χ0n) is 12.5. The Morgan fingerprint density at radius 1 is 1.14 bits per heavy atom. The van der Waals surface area contributed by atoms with Gasteiger partial charge in [-0.15, -0.1) is 0 Å². The van der Waals surface area contributed by atoms with Crippen molar-refractivity contribution in [2.24, 2.45) is 0 Å². The SMILES string of the molecule is CC(C)Oc1cccc(NCCc2ccc(O)cc2)c1N. The quantitative estimate of drug-likeness (QED) is 0.712. The zero-order valence-corrected chi connectivity index (χ0v) is 12.5. The lowest BCUT2D eigenvalue weighted by Crippen LogP contribution is -2.10. The van der Waals surface area contributed by atoms with Crippen molar-refractivity contribution >= 4 is 11.4 Å². The van der Waals surface area contributed by atoms with Crippen LogP contribution in [-0.2, 0) is 6.42 Å². The van der Waals surface area contributed by atoms with E-state index in [0.717, 1.165) is 24.2 Å². The fraction of sp³-hybridized carbons (Fsp3) is 0.294. The lowest BCUT2D eigenvalue weighted by molar-refractivity contribution is 0.244. The fourth-order valence-corrected chi connectivity index (χ4v) is 2.06. The third-order valence-corrected chi connectivity index (χ3v) is 3.09. The predicted molar refractivity (Wildman–Crippen MR) is 86.9 cm³/mol. The molecule has 0 aliphatic heterocycles. The van der Waals surface area contributed by atoms with Crippen molar-refractivity contribution in [3.8, 4) is 11.5 Å². The van der Waals surface area contributed by atoms with Crippen molar-refractivity contribution in [3.63, 3.8) is 0 Å². The number of ether oxygens (including phenoxy) is 1. The van der Waals surface area contributed by atoms with Crippen molar-refractivity contribution in [3.05, 3.63) is 48.0 Å². The maximum absolute atomic E-state index is 9.25. The molecule has 0 fully saturated rings. The molecule has 0 saturated heterocycles. The van der Waals surface area contributed by atoms with E-state index in [4.69, 9.17) is 10.5 Å². The van der Waals surface area contributed by atoms with Gasteiger partial charge in [-0.25, -0.2) is 0 Å². The minimum Gasteiger partial charge on any atom is -0.508 e. The van der Waals surface area contributed by atoms with Crippen LogP contribution in [0.1, 0.15) is 19.4 Å². The molecule has 0 spiro atoms. The molecular weight excluding hydrogens is 264 g/mol. The zero-order chi connectivity index (χ0) is 15.2. The van der Waals surface area contributed by atoms with E-state index in [2.05, 4.69) is 5.32 Å². The molecule has 0 amide bonds. The van der Waals surface area contributed by atoms with E-state index in [9.17, 15) is 5.11 Å². The molecule has 0 heterocycles. The molecule has 0 atom stereocenters. The average molecular weight is 286 g/mol. The number of phenolic OH excluding ortho intramolecular Hbond substituents is 1. The Bertz CT molecular complexity index is 580. The van der Waals surface area contributed by atoms with Crippen molar-refractivity contribution in [2.75, 3.05) is 17.6 Å². The molecule has 4 N–H and O–H groups in total.